The third-order valence-electron chi connectivity index (χ3n) is 3.06. The van der Waals surface area contributed by atoms with E-state index in [-0.39, 0.29) is 12.2 Å². The minimum atomic E-state index is 0.199. The summed E-state index contributed by atoms with van der Waals surface area (Å²) in [7, 11) is 0. The van der Waals surface area contributed by atoms with Gasteiger partial charge in [0.25, 0.3) is 0 Å². The number of benzene rings is 1. The number of ether oxygens (including phenoxy) is 1. The molecule has 2 unspecified atom stereocenters. The van der Waals surface area contributed by atoms with Crippen molar-refractivity contribution in [2.45, 2.75) is 33.0 Å². The van der Waals surface area contributed by atoms with Crippen LogP contribution in [0.5, 0.6) is 0 Å². The molecule has 1 saturated heterocycles. The highest BCUT2D eigenvalue weighted by molar-refractivity contribution is 5.96. The van der Waals surface area contributed by atoms with Crippen LogP contribution in [0.25, 0.3) is 0 Å². The summed E-state index contributed by atoms with van der Waals surface area (Å²) >= 11 is 0. The van der Waals surface area contributed by atoms with Crippen molar-refractivity contribution in [3.63, 3.8) is 0 Å². The number of nitrogens with one attached hydrogen (secondary N) is 1. The molecule has 1 fully saturated rings. The van der Waals surface area contributed by atoms with Gasteiger partial charge in [0.1, 0.15) is 5.84 Å². The number of rotatable bonds is 1. The molecule has 2 rings (SSSR count). The lowest BCUT2D eigenvalue weighted by Crippen LogP contribution is -2.48. The summed E-state index contributed by atoms with van der Waals surface area (Å²) < 4.78 is 5.68. The van der Waals surface area contributed by atoms with Gasteiger partial charge in [-0.2, -0.15) is 0 Å². The van der Waals surface area contributed by atoms with E-state index in [1.807, 2.05) is 12.1 Å². The van der Waals surface area contributed by atoms with Crippen LogP contribution in [0.2, 0.25) is 0 Å². The van der Waals surface area contributed by atoms with E-state index >= 15 is 0 Å². The third-order valence-corrected chi connectivity index (χ3v) is 3.06. The number of amidine groups is 1. The fourth-order valence-corrected chi connectivity index (χ4v) is 2.25. The van der Waals surface area contributed by atoms with Crippen molar-refractivity contribution < 1.29 is 4.74 Å². The molecule has 1 N–H and O–H groups in total. The van der Waals surface area contributed by atoms with Gasteiger partial charge in [-0.1, -0.05) is 29.8 Å². The molecule has 0 aromatic heterocycles. The molecule has 3 heteroatoms. The summed E-state index contributed by atoms with van der Waals surface area (Å²) in [6, 6.07) is 8.14. The zero-order valence-corrected chi connectivity index (χ0v) is 10.7. The molecule has 17 heavy (non-hydrogen) atoms. The molecule has 0 saturated carbocycles. The van der Waals surface area contributed by atoms with Gasteiger partial charge in [-0.15, -0.1) is 0 Å². The molecule has 3 nitrogen and oxygen atoms in total. The molecule has 1 aliphatic heterocycles. The van der Waals surface area contributed by atoms with E-state index in [0.29, 0.717) is 5.84 Å². The Labute approximate surface area is 103 Å². The smallest absolute Gasteiger partial charge is 0.128 e. The lowest BCUT2D eigenvalue weighted by Gasteiger charge is -2.36. The topological polar surface area (TPSA) is 36.3 Å². The van der Waals surface area contributed by atoms with E-state index < -0.39 is 0 Å². The zero-order valence-electron chi connectivity index (χ0n) is 10.7. The van der Waals surface area contributed by atoms with Crippen molar-refractivity contribution in [1.82, 2.24) is 4.90 Å². The molecule has 0 radical (unpaired) electrons. The molecule has 0 spiro atoms. The number of hydrogen-bond donors (Lipinski definition) is 1. The first-order chi connectivity index (χ1) is 8.06. The molecule has 0 amide bonds. The van der Waals surface area contributed by atoms with E-state index in [2.05, 4.69) is 37.8 Å². The van der Waals surface area contributed by atoms with E-state index in [1.54, 1.807) is 0 Å². The summed E-state index contributed by atoms with van der Waals surface area (Å²) in [5, 5.41) is 8.25. The molecular weight excluding hydrogens is 212 g/mol. The first-order valence-corrected chi connectivity index (χ1v) is 6.12. The zero-order chi connectivity index (χ0) is 12.4. The Morgan fingerprint density at radius 1 is 1.18 bits per heavy atom. The van der Waals surface area contributed by atoms with Crippen LogP contribution in [0, 0.1) is 12.3 Å². The second-order valence-electron chi connectivity index (χ2n) is 4.88. The maximum atomic E-state index is 8.25. The van der Waals surface area contributed by atoms with Crippen LogP contribution in [0.15, 0.2) is 24.3 Å². The second-order valence-corrected chi connectivity index (χ2v) is 4.88. The summed E-state index contributed by atoms with van der Waals surface area (Å²) in [5.74, 6) is 0.604. The van der Waals surface area contributed by atoms with Gasteiger partial charge in [-0.05, 0) is 20.8 Å². The quantitative estimate of drug-likeness (QED) is 0.596. The minimum Gasteiger partial charge on any atom is -0.372 e. The average molecular weight is 232 g/mol. The minimum absolute atomic E-state index is 0.199. The first kappa shape index (κ1) is 12.1. The van der Waals surface area contributed by atoms with Crippen LogP contribution >= 0.6 is 0 Å². The van der Waals surface area contributed by atoms with Crippen molar-refractivity contribution in [2.24, 2.45) is 0 Å². The maximum Gasteiger partial charge on any atom is 0.128 e. The second kappa shape index (κ2) is 4.88. The number of morpholine rings is 1. The van der Waals surface area contributed by atoms with Crippen LogP contribution in [0.4, 0.5) is 0 Å². The molecule has 92 valence electrons. The number of hydrogen-bond acceptors (Lipinski definition) is 2. The van der Waals surface area contributed by atoms with Gasteiger partial charge in [0, 0.05) is 18.7 Å². The first-order valence-electron chi connectivity index (χ1n) is 6.12. The summed E-state index contributed by atoms with van der Waals surface area (Å²) in [5.41, 5.74) is 2.21. The van der Waals surface area contributed by atoms with Gasteiger partial charge in [-0.25, -0.2) is 0 Å². The Hall–Kier alpha value is -1.35. The molecule has 1 heterocycles. The summed E-state index contributed by atoms with van der Waals surface area (Å²) in [4.78, 5) is 2.10. The average Bonchev–Trinajstić information content (AvgIpc) is 2.28. The Morgan fingerprint density at radius 2 is 1.71 bits per heavy atom. The predicted molar refractivity (Wildman–Crippen MR) is 69.6 cm³/mol. The normalized spacial score (nSPS) is 24.8. The molecule has 1 aliphatic rings. The molecule has 0 bridgehead atoms. The standard InChI is InChI=1S/C14H20N2O/c1-10-4-6-13(7-5-10)14(15)16-8-11(2)17-12(3)9-16/h4-7,11-12,15H,8-9H2,1-3H3. The van der Waals surface area contributed by atoms with E-state index in [1.165, 1.54) is 5.56 Å². The molecule has 0 aliphatic carbocycles. The van der Waals surface area contributed by atoms with Crippen LogP contribution in [0.1, 0.15) is 25.0 Å². The number of aryl methyl sites for hydroxylation is 1. The van der Waals surface area contributed by atoms with Crippen LogP contribution in [-0.2, 0) is 4.74 Å². The lowest BCUT2D eigenvalue weighted by atomic mass is 10.1. The van der Waals surface area contributed by atoms with Crippen molar-refractivity contribution in [1.29, 1.82) is 5.41 Å². The van der Waals surface area contributed by atoms with Crippen LogP contribution < -0.4 is 0 Å². The highest BCUT2D eigenvalue weighted by Gasteiger charge is 2.24. The molecule has 1 aromatic rings. The van der Waals surface area contributed by atoms with Crippen LogP contribution in [-0.4, -0.2) is 36.0 Å². The Morgan fingerprint density at radius 3 is 2.24 bits per heavy atom. The highest BCUT2D eigenvalue weighted by Crippen LogP contribution is 2.14. The summed E-state index contributed by atoms with van der Waals surface area (Å²) in [6.07, 6.45) is 0.397. The maximum absolute atomic E-state index is 8.25. The third kappa shape index (κ3) is 2.86. The Kier molecular flexibility index (Phi) is 3.48. The predicted octanol–water partition coefficient (Wildman–Crippen LogP) is 2.43. The van der Waals surface area contributed by atoms with Crippen LogP contribution in [0.3, 0.4) is 0 Å². The van der Waals surface area contributed by atoms with E-state index in [9.17, 15) is 0 Å². The van der Waals surface area contributed by atoms with Gasteiger partial charge in [0.15, 0.2) is 0 Å². The van der Waals surface area contributed by atoms with Gasteiger partial charge in [-0.3, -0.25) is 5.41 Å². The monoisotopic (exact) mass is 232 g/mol. The van der Waals surface area contributed by atoms with E-state index in [0.717, 1.165) is 18.7 Å². The van der Waals surface area contributed by atoms with Gasteiger partial charge < -0.3 is 9.64 Å². The Bertz CT molecular complexity index is 389. The Balaban J connectivity index is 2.11. The summed E-state index contributed by atoms with van der Waals surface area (Å²) in [6.45, 7) is 7.79. The van der Waals surface area contributed by atoms with Crippen molar-refractivity contribution in [2.75, 3.05) is 13.1 Å². The molecule has 1 aromatic carbocycles. The van der Waals surface area contributed by atoms with Gasteiger partial charge in [0.2, 0.25) is 0 Å². The molecular formula is C14H20N2O. The van der Waals surface area contributed by atoms with Gasteiger partial charge in [0.05, 0.1) is 12.2 Å². The fourth-order valence-electron chi connectivity index (χ4n) is 2.25. The van der Waals surface area contributed by atoms with Gasteiger partial charge >= 0.3 is 0 Å². The van der Waals surface area contributed by atoms with Crippen molar-refractivity contribution in [3.05, 3.63) is 35.4 Å². The van der Waals surface area contributed by atoms with Crippen molar-refractivity contribution in [3.8, 4) is 0 Å². The SMILES string of the molecule is Cc1ccc(C(=N)N2CC(C)OC(C)C2)cc1. The van der Waals surface area contributed by atoms with Crippen molar-refractivity contribution >= 4 is 5.84 Å². The molecule has 2 atom stereocenters. The number of nitrogens with zero attached hydrogens (tertiary/aromatic N) is 1. The highest BCUT2D eigenvalue weighted by atomic mass is 16.5. The largest absolute Gasteiger partial charge is 0.372 e. The van der Waals surface area contributed by atoms with E-state index in [4.69, 9.17) is 10.1 Å². The fraction of sp³-hybridized carbons (Fsp3) is 0.500. The lowest BCUT2D eigenvalue weighted by molar-refractivity contribution is -0.0480.